The summed E-state index contributed by atoms with van der Waals surface area (Å²) in [5.41, 5.74) is -2.68. The van der Waals surface area contributed by atoms with Crippen LogP contribution in [-0.4, -0.2) is 49.2 Å². The minimum absolute atomic E-state index is 0.0170. The van der Waals surface area contributed by atoms with E-state index in [2.05, 4.69) is 27.4 Å². The number of hydrogen-bond donors (Lipinski definition) is 1. The van der Waals surface area contributed by atoms with Crippen molar-refractivity contribution in [2.24, 2.45) is 0 Å². The number of aliphatic hydroxyl groups is 1. The number of rotatable bonds is 7. The van der Waals surface area contributed by atoms with E-state index in [1.165, 1.54) is 12.1 Å². The standard InChI is InChI=1S/C31H27F4N5O2/c1-2-23-17-22(6-5-21-7-10-24(11-8-21)29(41)39-15-3-4-16-39)9-13-26(23)31(34,35)30(42,19-40-20-36-37-38-40)27-14-12-25(32)18-28(27)33/h7-14,17-18,20,42H,2-4,15-16,19H2,1H3. The molecule has 0 spiro atoms. The fourth-order valence-electron chi connectivity index (χ4n) is 5.10. The van der Waals surface area contributed by atoms with Crippen molar-refractivity contribution in [3.8, 4) is 11.8 Å². The molecule has 4 aromatic rings. The predicted molar refractivity (Wildman–Crippen MR) is 145 cm³/mol. The van der Waals surface area contributed by atoms with E-state index in [1.54, 1.807) is 31.2 Å². The van der Waals surface area contributed by atoms with Gasteiger partial charge in [0.05, 0.1) is 6.54 Å². The molecule has 2 heterocycles. The number of carbonyl (C=O) groups excluding carboxylic acids is 1. The van der Waals surface area contributed by atoms with Gasteiger partial charge in [-0.25, -0.2) is 13.5 Å². The van der Waals surface area contributed by atoms with Crippen LogP contribution in [0.25, 0.3) is 0 Å². The number of benzene rings is 3. The second-order valence-electron chi connectivity index (χ2n) is 10.1. The van der Waals surface area contributed by atoms with E-state index < -0.39 is 40.8 Å². The Morgan fingerprint density at radius 2 is 1.62 bits per heavy atom. The minimum Gasteiger partial charge on any atom is -0.377 e. The molecule has 216 valence electrons. The quantitative estimate of drug-likeness (QED) is 0.251. The number of aryl methyl sites for hydroxylation is 1. The molecule has 1 atom stereocenters. The minimum atomic E-state index is -4.06. The van der Waals surface area contributed by atoms with Crippen LogP contribution in [0, 0.1) is 23.5 Å². The first kappa shape index (κ1) is 29.0. The second kappa shape index (κ2) is 11.7. The third-order valence-corrected chi connectivity index (χ3v) is 7.38. The molecule has 1 N–H and O–H groups in total. The van der Waals surface area contributed by atoms with Crippen molar-refractivity contribution >= 4 is 5.91 Å². The number of alkyl halides is 2. The highest BCUT2D eigenvalue weighted by atomic mass is 19.3. The number of likely N-dealkylation sites (tertiary alicyclic amines) is 1. The van der Waals surface area contributed by atoms with E-state index in [0.29, 0.717) is 22.8 Å². The number of hydrogen-bond acceptors (Lipinski definition) is 5. The van der Waals surface area contributed by atoms with E-state index >= 15 is 8.78 Å². The van der Waals surface area contributed by atoms with Gasteiger partial charge in [0.15, 0.2) is 5.60 Å². The average molecular weight is 578 g/mol. The summed E-state index contributed by atoms with van der Waals surface area (Å²) in [7, 11) is 0. The first-order valence-corrected chi connectivity index (χ1v) is 13.4. The lowest BCUT2D eigenvalue weighted by atomic mass is 9.80. The molecule has 0 aliphatic carbocycles. The maximum absolute atomic E-state index is 16.3. The number of nitrogens with zero attached hydrogens (tertiary/aromatic N) is 5. The summed E-state index contributed by atoms with van der Waals surface area (Å²) in [6.07, 6.45) is 3.17. The van der Waals surface area contributed by atoms with Gasteiger partial charge in [0, 0.05) is 47.0 Å². The first-order chi connectivity index (χ1) is 20.1. The van der Waals surface area contributed by atoms with Crippen LogP contribution in [0.3, 0.4) is 0 Å². The highest BCUT2D eigenvalue weighted by Gasteiger charge is 2.57. The maximum atomic E-state index is 16.3. The molecular formula is C31H27F4N5O2. The van der Waals surface area contributed by atoms with Crippen molar-refractivity contribution in [2.75, 3.05) is 13.1 Å². The zero-order chi connectivity index (χ0) is 29.9. The summed E-state index contributed by atoms with van der Waals surface area (Å²) in [6.45, 7) is 2.27. The summed E-state index contributed by atoms with van der Waals surface area (Å²) in [6, 6.07) is 12.9. The van der Waals surface area contributed by atoms with E-state index in [0.717, 1.165) is 55.1 Å². The van der Waals surface area contributed by atoms with Gasteiger partial charge in [-0.2, -0.15) is 8.78 Å². The zero-order valence-corrected chi connectivity index (χ0v) is 22.7. The molecule has 3 aromatic carbocycles. The molecule has 1 fully saturated rings. The van der Waals surface area contributed by atoms with Gasteiger partial charge in [-0.15, -0.1) is 5.10 Å². The fourth-order valence-corrected chi connectivity index (χ4v) is 5.10. The Hall–Kier alpha value is -4.56. The Balaban J connectivity index is 1.45. The normalized spacial score (nSPS) is 14.8. The zero-order valence-electron chi connectivity index (χ0n) is 22.7. The molecule has 42 heavy (non-hydrogen) atoms. The summed E-state index contributed by atoms with van der Waals surface area (Å²) in [5, 5.41) is 21.9. The highest BCUT2D eigenvalue weighted by Crippen LogP contribution is 2.48. The number of carbonyl (C=O) groups is 1. The topological polar surface area (TPSA) is 84.1 Å². The first-order valence-electron chi connectivity index (χ1n) is 13.4. The van der Waals surface area contributed by atoms with Crippen LogP contribution in [0.4, 0.5) is 17.6 Å². The van der Waals surface area contributed by atoms with Crippen molar-refractivity contribution in [3.63, 3.8) is 0 Å². The lowest BCUT2D eigenvalue weighted by molar-refractivity contribution is -0.206. The number of tetrazole rings is 1. The number of amides is 1. The van der Waals surface area contributed by atoms with Crippen LogP contribution < -0.4 is 0 Å². The molecule has 1 aliphatic rings. The molecule has 1 saturated heterocycles. The lowest BCUT2D eigenvalue weighted by Crippen LogP contribution is -2.48. The number of aromatic nitrogens is 4. The summed E-state index contributed by atoms with van der Waals surface area (Å²) in [4.78, 5) is 14.4. The van der Waals surface area contributed by atoms with Gasteiger partial charge >= 0.3 is 5.92 Å². The molecular weight excluding hydrogens is 550 g/mol. The van der Waals surface area contributed by atoms with Gasteiger partial charge in [0.1, 0.15) is 18.0 Å². The fraction of sp³-hybridized carbons (Fsp3) is 0.290. The largest absolute Gasteiger partial charge is 0.377 e. The smallest absolute Gasteiger partial charge is 0.307 e. The van der Waals surface area contributed by atoms with Crippen LogP contribution in [-0.2, 0) is 24.5 Å². The molecule has 0 radical (unpaired) electrons. The molecule has 7 nitrogen and oxygen atoms in total. The van der Waals surface area contributed by atoms with Gasteiger partial charge in [-0.05, 0) is 83.8 Å². The van der Waals surface area contributed by atoms with E-state index in [1.807, 2.05) is 4.90 Å². The lowest BCUT2D eigenvalue weighted by Gasteiger charge is -2.37. The van der Waals surface area contributed by atoms with Gasteiger partial charge < -0.3 is 10.0 Å². The third-order valence-electron chi connectivity index (χ3n) is 7.38. The summed E-state index contributed by atoms with van der Waals surface area (Å²) >= 11 is 0. The monoisotopic (exact) mass is 577 g/mol. The molecule has 0 saturated carbocycles. The van der Waals surface area contributed by atoms with Crippen LogP contribution in [0.2, 0.25) is 0 Å². The van der Waals surface area contributed by atoms with E-state index in [9.17, 15) is 18.7 Å². The van der Waals surface area contributed by atoms with Crippen molar-refractivity contribution in [3.05, 3.63) is 112 Å². The van der Waals surface area contributed by atoms with Crippen LogP contribution in [0.1, 0.15) is 57.9 Å². The molecule has 1 amide bonds. The van der Waals surface area contributed by atoms with Crippen molar-refractivity contribution in [1.82, 2.24) is 25.1 Å². The molecule has 11 heteroatoms. The summed E-state index contributed by atoms with van der Waals surface area (Å²) in [5.74, 6) is -0.454. The van der Waals surface area contributed by atoms with Gasteiger partial charge in [0.25, 0.3) is 5.91 Å². The maximum Gasteiger partial charge on any atom is 0.307 e. The highest BCUT2D eigenvalue weighted by molar-refractivity contribution is 5.94. The Kier molecular flexibility index (Phi) is 8.09. The molecule has 5 rings (SSSR count). The van der Waals surface area contributed by atoms with Crippen molar-refractivity contribution in [2.45, 2.75) is 44.3 Å². The Bertz CT molecular complexity index is 1640. The predicted octanol–water partition coefficient (Wildman–Crippen LogP) is 4.83. The van der Waals surface area contributed by atoms with Crippen molar-refractivity contribution < 1.29 is 27.5 Å². The van der Waals surface area contributed by atoms with E-state index in [-0.39, 0.29) is 17.9 Å². The molecule has 1 unspecified atom stereocenters. The Morgan fingerprint density at radius 1 is 0.952 bits per heavy atom. The molecule has 1 aliphatic heterocycles. The molecule has 1 aromatic heterocycles. The number of halogens is 4. The van der Waals surface area contributed by atoms with Crippen LogP contribution in [0.5, 0.6) is 0 Å². The van der Waals surface area contributed by atoms with Gasteiger partial charge in [-0.3, -0.25) is 4.79 Å². The van der Waals surface area contributed by atoms with Crippen LogP contribution >= 0.6 is 0 Å². The second-order valence-corrected chi connectivity index (χ2v) is 10.1. The average Bonchev–Trinajstić information content (AvgIpc) is 3.70. The van der Waals surface area contributed by atoms with Crippen molar-refractivity contribution in [1.29, 1.82) is 0 Å². The van der Waals surface area contributed by atoms with Crippen LogP contribution in [0.15, 0.2) is 67.0 Å². The van der Waals surface area contributed by atoms with E-state index in [4.69, 9.17) is 0 Å². The van der Waals surface area contributed by atoms with Gasteiger partial charge in [0.2, 0.25) is 0 Å². The van der Waals surface area contributed by atoms with Gasteiger partial charge in [-0.1, -0.05) is 24.8 Å². The Morgan fingerprint density at radius 3 is 2.26 bits per heavy atom. The third kappa shape index (κ3) is 5.63. The molecule has 0 bridgehead atoms. The Labute approximate surface area is 239 Å². The summed E-state index contributed by atoms with van der Waals surface area (Å²) < 4.78 is 62.0. The SMILES string of the molecule is CCc1cc(C#Cc2ccc(C(=O)N3CCCC3)cc2)ccc1C(F)(F)C(O)(Cn1cnnn1)c1ccc(F)cc1F.